The molecule has 0 bridgehead atoms. The predicted octanol–water partition coefficient (Wildman–Crippen LogP) is 4.59. The van der Waals surface area contributed by atoms with E-state index in [0.717, 1.165) is 11.1 Å². The van der Waals surface area contributed by atoms with Crippen LogP contribution in [0.2, 0.25) is 0 Å². The van der Waals surface area contributed by atoms with E-state index in [1.165, 1.54) is 24.7 Å². The Kier molecular flexibility index (Phi) is 7.77. The highest BCUT2D eigenvalue weighted by molar-refractivity contribution is 5.68. The van der Waals surface area contributed by atoms with Crippen LogP contribution in [0, 0.1) is 0 Å². The van der Waals surface area contributed by atoms with Gasteiger partial charge in [-0.3, -0.25) is 4.68 Å². The van der Waals surface area contributed by atoms with E-state index < -0.39 is 53.6 Å². The van der Waals surface area contributed by atoms with Crippen LogP contribution in [0.1, 0.15) is 31.4 Å². The SMILES string of the molecule is CC(C)(O)Cn1cc(-c2nc(NC3CCN(C(=O)OCc4ccccc4)CC3(F)F)ncc2C(F)(F)F)cn1. The van der Waals surface area contributed by atoms with Crippen LogP contribution in [0.25, 0.3) is 11.3 Å². The highest BCUT2D eigenvalue weighted by atomic mass is 19.4. The number of benzene rings is 1. The molecule has 9 nitrogen and oxygen atoms in total. The topological polar surface area (TPSA) is 105 Å². The van der Waals surface area contributed by atoms with Gasteiger partial charge < -0.3 is 20.1 Å². The van der Waals surface area contributed by atoms with Crippen LogP contribution < -0.4 is 5.32 Å². The summed E-state index contributed by atoms with van der Waals surface area (Å²) in [6, 6.07) is 7.22. The van der Waals surface area contributed by atoms with Crippen molar-refractivity contribution in [1.29, 1.82) is 0 Å². The molecule has 1 unspecified atom stereocenters. The molecule has 3 heterocycles. The smallest absolute Gasteiger partial charge is 0.419 e. The first kappa shape index (κ1) is 28.2. The summed E-state index contributed by atoms with van der Waals surface area (Å²) in [6.45, 7) is 1.93. The van der Waals surface area contributed by atoms with Gasteiger partial charge in [0, 0.05) is 24.5 Å². The van der Waals surface area contributed by atoms with Gasteiger partial charge in [-0.05, 0) is 25.8 Å². The number of carbonyl (C=O) groups excluding carboxylic acids is 1. The van der Waals surface area contributed by atoms with Crippen LogP contribution in [-0.4, -0.2) is 66.5 Å². The summed E-state index contributed by atoms with van der Waals surface area (Å²) < 4.78 is 77.4. The van der Waals surface area contributed by atoms with Crippen molar-refractivity contribution in [1.82, 2.24) is 24.6 Å². The standard InChI is InChI=1S/C25H27F5N6O3/c1-23(2,38)14-36-12-17(10-32-36)20-18(25(28,29)30)11-31-21(34-20)33-19-8-9-35(15-24(19,26)27)22(37)39-13-16-6-4-3-5-7-16/h3-7,10-12,19,38H,8-9,13-15H2,1-2H3,(H,31,33,34). The molecule has 1 aliphatic rings. The molecule has 0 radical (unpaired) electrons. The van der Waals surface area contributed by atoms with E-state index in [1.54, 1.807) is 30.3 Å². The fourth-order valence-corrected chi connectivity index (χ4v) is 4.09. The number of piperidine rings is 1. The minimum absolute atomic E-state index is 0.00310. The summed E-state index contributed by atoms with van der Waals surface area (Å²) in [7, 11) is 0. The van der Waals surface area contributed by atoms with Crippen molar-refractivity contribution in [3.8, 4) is 11.3 Å². The second-order valence-electron chi connectivity index (χ2n) is 9.90. The van der Waals surface area contributed by atoms with Crippen LogP contribution >= 0.6 is 0 Å². The zero-order chi connectivity index (χ0) is 28.4. The highest BCUT2D eigenvalue weighted by Crippen LogP contribution is 2.37. The third-order valence-corrected chi connectivity index (χ3v) is 5.92. The van der Waals surface area contributed by atoms with Gasteiger partial charge in [0.1, 0.15) is 12.2 Å². The number of alkyl halides is 5. The summed E-state index contributed by atoms with van der Waals surface area (Å²) in [5.41, 5.74) is -2.22. The average molecular weight is 555 g/mol. The minimum atomic E-state index is -4.82. The largest absolute Gasteiger partial charge is 0.445 e. The van der Waals surface area contributed by atoms with E-state index in [0.29, 0.717) is 11.8 Å². The lowest BCUT2D eigenvalue weighted by atomic mass is 10.0. The molecule has 0 spiro atoms. The number of hydrogen-bond donors (Lipinski definition) is 2. The molecule has 0 saturated carbocycles. The molecule has 1 amide bonds. The molecule has 3 aromatic rings. The first-order valence-corrected chi connectivity index (χ1v) is 12.0. The number of aliphatic hydroxyl groups is 1. The van der Waals surface area contributed by atoms with Gasteiger partial charge in [0.25, 0.3) is 5.92 Å². The lowest BCUT2D eigenvalue weighted by molar-refractivity contribution is -0.137. The van der Waals surface area contributed by atoms with Crippen molar-refractivity contribution >= 4 is 12.0 Å². The molecule has 1 aliphatic heterocycles. The molecule has 210 valence electrons. The monoisotopic (exact) mass is 554 g/mol. The number of amides is 1. The Morgan fingerprint density at radius 3 is 2.56 bits per heavy atom. The van der Waals surface area contributed by atoms with E-state index in [-0.39, 0.29) is 31.7 Å². The van der Waals surface area contributed by atoms with Crippen molar-refractivity contribution in [3.63, 3.8) is 0 Å². The number of nitrogens with zero attached hydrogens (tertiary/aromatic N) is 5. The molecule has 39 heavy (non-hydrogen) atoms. The summed E-state index contributed by atoms with van der Waals surface area (Å²) in [6.07, 6.45) is -3.01. The number of rotatable bonds is 7. The Hall–Kier alpha value is -3.81. The summed E-state index contributed by atoms with van der Waals surface area (Å²) in [5.74, 6) is -3.88. The molecule has 1 aromatic carbocycles. The van der Waals surface area contributed by atoms with Crippen molar-refractivity contribution in [2.24, 2.45) is 0 Å². The Bertz CT molecular complexity index is 1290. The second-order valence-corrected chi connectivity index (χ2v) is 9.90. The number of anilines is 1. The molecule has 1 fully saturated rings. The van der Waals surface area contributed by atoms with Gasteiger partial charge in [-0.1, -0.05) is 30.3 Å². The molecular formula is C25H27F5N6O3. The first-order valence-electron chi connectivity index (χ1n) is 12.0. The third-order valence-electron chi connectivity index (χ3n) is 5.92. The second kappa shape index (κ2) is 10.8. The lowest BCUT2D eigenvalue weighted by Crippen LogP contribution is -2.56. The molecule has 14 heteroatoms. The number of halogens is 5. The fraction of sp³-hybridized carbons (Fsp3) is 0.440. The van der Waals surface area contributed by atoms with Crippen molar-refractivity contribution in [2.45, 2.75) is 57.2 Å². The number of carbonyl (C=O) groups is 1. The van der Waals surface area contributed by atoms with E-state index in [9.17, 15) is 31.9 Å². The average Bonchev–Trinajstić information content (AvgIpc) is 3.30. The van der Waals surface area contributed by atoms with Crippen molar-refractivity contribution < 1.29 is 36.6 Å². The highest BCUT2D eigenvalue weighted by Gasteiger charge is 2.47. The number of aromatic nitrogens is 4. The molecule has 0 aliphatic carbocycles. The van der Waals surface area contributed by atoms with Gasteiger partial charge in [0.05, 0.1) is 36.6 Å². The van der Waals surface area contributed by atoms with Gasteiger partial charge in [-0.15, -0.1) is 0 Å². The number of likely N-dealkylation sites (tertiary alicyclic amines) is 1. The number of nitrogens with one attached hydrogen (secondary N) is 1. The molecule has 4 rings (SSSR count). The minimum Gasteiger partial charge on any atom is -0.445 e. The van der Waals surface area contributed by atoms with E-state index >= 15 is 0 Å². The van der Waals surface area contributed by atoms with Gasteiger partial charge >= 0.3 is 12.3 Å². The Labute approximate surface area is 220 Å². The van der Waals surface area contributed by atoms with E-state index in [1.807, 2.05) is 0 Å². The normalized spacial score (nSPS) is 17.6. The third kappa shape index (κ3) is 7.19. The Morgan fingerprint density at radius 1 is 1.21 bits per heavy atom. The summed E-state index contributed by atoms with van der Waals surface area (Å²) >= 11 is 0. The maximum absolute atomic E-state index is 15.0. The predicted molar refractivity (Wildman–Crippen MR) is 130 cm³/mol. The van der Waals surface area contributed by atoms with Crippen molar-refractivity contribution in [2.75, 3.05) is 18.4 Å². The van der Waals surface area contributed by atoms with Crippen LogP contribution in [0.5, 0.6) is 0 Å². The number of ether oxygens (including phenoxy) is 1. The zero-order valence-electron chi connectivity index (χ0n) is 21.1. The summed E-state index contributed by atoms with van der Waals surface area (Å²) in [4.78, 5) is 20.8. The van der Waals surface area contributed by atoms with E-state index in [2.05, 4.69) is 20.4 Å². The maximum atomic E-state index is 15.0. The molecule has 1 atom stereocenters. The summed E-state index contributed by atoms with van der Waals surface area (Å²) in [5, 5.41) is 16.4. The molecule has 2 aromatic heterocycles. The Balaban J connectivity index is 1.48. The molecule has 1 saturated heterocycles. The lowest BCUT2D eigenvalue weighted by Gasteiger charge is -2.38. The van der Waals surface area contributed by atoms with Crippen molar-refractivity contribution in [3.05, 3.63) is 60.0 Å². The molecular weight excluding hydrogens is 527 g/mol. The van der Waals surface area contributed by atoms with Crippen LogP contribution in [0.3, 0.4) is 0 Å². The van der Waals surface area contributed by atoms with Gasteiger partial charge in [0.15, 0.2) is 0 Å². The zero-order valence-corrected chi connectivity index (χ0v) is 21.1. The Morgan fingerprint density at radius 2 is 1.92 bits per heavy atom. The first-order chi connectivity index (χ1) is 18.2. The number of hydrogen-bond acceptors (Lipinski definition) is 7. The van der Waals surface area contributed by atoms with Crippen LogP contribution in [-0.2, 0) is 24.1 Å². The molecule has 2 N–H and O–H groups in total. The van der Waals surface area contributed by atoms with Crippen LogP contribution in [0.4, 0.5) is 32.7 Å². The fourth-order valence-electron chi connectivity index (χ4n) is 4.09. The van der Waals surface area contributed by atoms with E-state index in [4.69, 9.17) is 4.74 Å². The van der Waals surface area contributed by atoms with Gasteiger partial charge in [0.2, 0.25) is 5.95 Å². The quantitative estimate of drug-likeness (QED) is 0.412. The van der Waals surface area contributed by atoms with Gasteiger partial charge in [-0.25, -0.2) is 23.5 Å². The van der Waals surface area contributed by atoms with Gasteiger partial charge in [-0.2, -0.15) is 18.3 Å². The van der Waals surface area contributed by atoms with Crippen LogP contribution in [0.15, 0.2) is 48.9 Å². The maximum Gasteiger partial charge on any atom is 0.419 e.